The number of hydrogen-bond acceptors (Lipinski definition) is 4. The molecule has 5 nitrogen and oxygen atoms in total. The summed E-state index contributed by atoms with van der Waals surface area (Å²) in [7, 11) is 0. The van der Waals surface area contributed by atoms with Crippen molar-refractivity contribution in [3.05, 3.63) is 33.5 Å². The van der Waals surface area contributed by atoms with Crippen LogP contribution in [-0.4, -0.2) is 27.2 Å². The third kappa shape index (κ3) is 4.41. The molecule has 6 heteroatoms. The van der Waals surface area contributed by atoms with E-state index in [2.05, 4.69) is 41.6 Å². The molecule has 0 bridgehead atoms. The first-order valence-electron chi connectivity index (χ1n) is 7.94. The third-order valence-corrected chi connectivity index (χ3v) is 4.66. The lowest BCUT2D eigenvalue weighted by Crippen LogP contribution is -2.33. The molecule has 0 saturated carbocycles. The Hall–Kier alpha value is -1.69. The van der Waals surface area contributed by atoms with Crippen molar-refractivity contribution in [2.24, 2.45) is 0 Å². The SMILES string of the molecule is Cc1cc(C)n(C(C)C(=O)NCCc2nc(C(C)(C)C)cs2)n1. The minimum absolute atomic E-state index is 0.0104. The molecule has 1 unspecified atom stereocenters. The van der Waals surface area contributed by atoms with Gasteiger partial charge in [-0.25, -0.2) is 4.98 Å². The van der Waals surface area contributed by atoms with Crippen LogP contribution >= 0.6 is 11.3 Å². The van der Waals surface area contributed by atoms with Gasteiger partial charge in [0.05, 0.1) is 16.4 Å². The van der Waals surface area contributed by atoms with Gasteiger partial charge in [-0.3, -0.25) is 9.48 Å². The molecule has 1 amide bonds. The molecule has 0 fully saturated rings. The van der Waals surface area contributed by atoms with Gasteiger partial charge in [0, 0.05) is 29.5 Å². The molecular formula is C17H26N4OS. The number of nitrogens with one attached hydrogen (secondary N) is 1. The molecule has 0 aliphatic rings. The van der Waals surface area contributed by atoms with Gasteiger partial charge in [-0.2, -0.15) is 5.10 Å². The van der Waals surface area contributed by atoms with Crippen molar-refractivity contribution >= 4 is 17.2 Å². The number of carbonyl (C=O) groups excluding carboxylic acids is 1. The van der Waals surface area contributed by atoms with Gasteiger partial charge in [-0.1, -0.05) is 20.8 Å². The molecule has 1 N–H and O–H groups in total. The Morgan fingerprint density at radius 1 is 1.39 bits per heavy atom. The van der Waals surface area contributed by atoms with Crippen LogP contribution in [0.3, 0.4) is 0 Å². The molecule has 2 heterocycles. The van der Waals surface area contributed by atoms with Crippen molar-refractivity contribution < 1.29 is 4.79 Å². The summed E-state index contributed by atoms with van der Waals surface area (Å²) < 4.78 is 1.77. The van der Waals surface area contributed by atoms with Crippen LogP contribution in [0.15, 0.2) is 11.4 Å². The lowest BCUT2D eigenvalue weighted by Gasteiger charge is -2.15. The Labute approximate surface area is 142 Å². The molecule has 0 aromatic carbocycles. The van der Waals surface area contributed by atoms with E-state index < -0.39 is 0 Å². The second-order valence-electron chi connectivity index (χ2n) is 6.97. The van der Waals surface area contributed by atoms with Gasteiger partial charge >= 0.3 is 0 Å². The number of nitrogens with zero attached hydrogens (tertiary/aromatic N) is 3. The van der Waals surface area contributed by atoms with E-state index in [-0.39, 0.29) is 17.4 Å². The quantitative estimate of drug-likeness (QED) is 0.913. The number of thiazole rings is 1. The molecule has 2 aromatic heterocycles. The lowest BCUT2D eigenvalue weighted by atomic mass is 9.93. The number of hydrogen-bond donors (Lipinski definition) is 1. The van der Waals surface area contributed by atoms with E-state index in [4.69, 9.17) is 0 Å². The fourth-order valence-corrected chi connectivity index (χ4v) is 3.38. The molecule has 0 saturated heterocycles. The van der Waals surface area contributed by atoms with Crippen LogP contribution in [-0.2, 0) is 16.6 Å². The molecule has 1 atom stereocenters. The van der Waals surface area contributed by atoms with E-state index in [1.165, 1.54) is 0 Å². The van der Waals surface area contributed by atoms with E-state index in [1.54, 1.807) is 16.0 Å². The van der Waals surface area contributed by atoms with Crippen LogP contribution in [0.4, 0.5) is 0 Å². The third-order valence-electron chi connectivity index (χ3n) is 3.75. The zero-order chi connectivity index (χ0) is 17.2. The first-order valence-corrected chi connectivity index (χ1v) is 8.82. The predicted molar refractivity (Wildman–Crippen MR) is 93.9 cm³/mol. The van der Waals surface area contributed by atoms with Gasteiger partial charge in [0.1, 0.15) is 6.04 Å². The second kappa shape index (κ2) is 6.83. The normalized spacial score (nSPS) is 13.1. The topological polar surface area (TPSA) is 59.8 Å². The monoisotopic (exact) mass is 334 g/mol. The molecule has 126 valence electrons. The van der Waals surface area contributed by atoms with E-state index in [0.29, 0.717) is 6.54 Å². The van der Waals surface area contributed by atoms with E-state index in [1.807, 2.05) is 26.8 Å². The second-order valence-corrected chi connectivity index (χ2v) is 7.91. The molecule has 0 aliphatic carbocycles. The van der Waals surface area contributed by atoms with Gasteiger partial charge in [-0.15, -0.1) is 11.3 Å². The van der Waals surface area contributed by atoms with Gasteiger partial charge < -0.3 is 5.32 Å². The Bertz CT molecular complexity index is 681. The van der Waals surface area contributed by atoms with Crippen molar-refractivity contribution in [2.45, 2.75) is 59.4 Å². The maximum atomic E-state index is 12.3. The van der Waals surface area contributed by atoms with Gasteiger partial charge in [0.2, 0.25) is 5.91 Å². The number of aryl methyl sites for hydroxylation is 2. The Kier molecular flexibility index (Phi) is 5.24. The Morgan fingerprint density at radius 2 is 2.09 bits per heavy atom. The van der Waals surface area contributed by atoms with Gasteiger partial charge in [0.25, 0.3) is 0 Å². The van der Waals surface area contributed by atoms with Crippen LogP contribution in [0.5, 0.6) is 0 Å². The highest BCUT2D eigenvalue weighted by Crippen LogP contribution is 2.23. The molecule has 0 aliphatic heterocycles. The fraction of sp³-hybridized carbons (Fsp3) is 0.588. The smallest absolute Gasteiger partial charge is 0.244 e. The standard InChI is InChI=1S/C17H26N4OS/c1-11-9-12(2)21(20-11)13(3)16(22)18-8-7-15-19-14(10-23-15)17(4,5)6/h9-10,13H,7-8H2,1-6H3,(H,18,22). The first kappa shape index (κ1) is 17.7. The average molecular weight is 334 g/mol. The highest BCUT2D eigenvalue weighted by atomic mass is 32.1. The lowest BCUT2D eigenvalue weighted by molar-refractivity contribution is -0.124. The minimum atomic E-state index is -0.301. The largest absolute Gasteiger partial charge is 0.354 e. The summed E-state index contributed by atoms with van der Waals surface area (Å²) in [6.07, 6.45) is 0.760. The number of aromatic nitrogens is 3. The molecule has 0 spiro atoms. The zero-order valence-corrected chi connectivity index (χ0v) is 15.6. The molecule has 0 radical (unpaired) electrons. The highest BCUT2D eigenvalue weighted by Gasteiger charge is 2.19. The van der Waals surface area contributed by atoms with Crippen LogP contribution in [0.2, 0.25) is 0 Å². The highest BCUT2D eigenvalue weighted by molar-refractivity contribution is 7.09. The van der Waals surface area contributed by atoms with Crippen molar-refractivity contribution in [1.29, 1.82) is 0 Å². The van der Waals surface area contributed by atoms with E-state index in [9.17, 15) is 4.79 Å². The Morgan fingerprint density at radius 3 is 2.61 bits per heavy atom. The van der Waals surface area contributed by atoms with Crippen molar-refractivity contribution in [1.82, 2.24) is 20.1 Å². The number of rotatable bonds is 5. The van der Waals surface area contributed by atoms with Crippen LogP contribution < -0.4 is 5.32 Å². The van der Waals surface area contributed by atoms with Gasteiger partial charge in [-0.05, 0) is 26.8 Å². The van der Waals surface area contributed by atoms with Crippen LogP contribution in [0.25, 0.3) is 0 Å². The fourth-order valence-electron chi connectivity index (χ4n) is 2.36. The maximum Gasteiger partial charge on any atom is 0.244 e. The van der Waals surface area contributed by atoms with E-state index >= 15 is 0 Å². The van der Waals surface area contributed by atoms with Crippen LogP contribution in [0.1, 0.15) is 55.8 Å². The first-order chi connectivity index (χ1) is 10.7. The molecule has 2 aromatic rings. The van der Waals surface area contributed by atoms with Crippen molar-refractivity contribution in [2.75, 3.05) is 6.54 Å². The average Bonchev–Trinajstić information content (AvgIpc) is 3.04. The van der Waals surface area contributed by atoms with Crippen LogP contribution in [0, 0.1) is 13.8 Å². The summed E-state index contributed by atoms with van der Waals surface area (Å²) in [5, 5.41) is 10.5. The summed E-state index contributed by atoms with van der Waals surface area (Å²) in [4.78, 5) is 16.9. The summed E-state index contributed by atoms with van der Waals surface area (Å²) in [5.74, 6) is -0.0104. The Balaban J connectivity index is 1.87. The number of carbonyl (C=O) groups is 1. The van der Waals surface area contributed by atoms with Gasteiger partial charge in [0.15, 0.2) is 0 Å². The molecule has 2 rings (SSSR count). The zero-order valence-electron chi connectivity index (χ0n) is 14.8. The summed E-state index contributed by atoms with van der Waals surface area (Å²) in [5.41, 5.74) is 3.11. The van der Waals surface area contributed by atoms with E-state index in [0.717, 1.165) is 28.5 Å². The molecule has 23 heavy (non-hydrogen) atoms. The maximum absolute atomic E-state index is 12.3. The summed E-state index contributed by atoms with van der Waals surface area (Å²) in [6.45, 7) is 12.8. The van der Waals surface area contributed by atoms with Crippen molar-refractivity contribution in [3.63, 3.8) is 0 Å². The minimum Gasteiger partial charge on any atom is -0.354 e. The number of amides is 1. The molecular weight excluding hydrogens is 308 g/mol. The summed E-state index contributed by atoms with van der Waals surface area (Å²) >= 11 is 1.66. The predicted octanol–water partition coefficient (Wildman–Crippen LogP) is 3.17. The summed E-state index contributed by atoms with van der Waals surface area (Å²) in [6, 6.07) is 1.68. The van der Waals surface area contributed by atoms with Crippen molar-refractivity contribution in [3.8, 4) is 0 Å².